The summed E-state index contributed by atoms with van der Waals surface area (Å²) in [5.74, 6) is -2.28. The fraction of sp³-hybridized carbons (Fsp3) is 0.250. The molecule has 3 atom stereocenters. The third-order valence-electron chi connectivity index (χ3n) is 7.42. The Balaban J connectivity index is 1.87. The van der Waals surface area contributed by atoms with Crippen LogP contribution in [0.15, 0.2) is 60.7 Å². The topological polar surface area (TPSA) is 78.5 Å². The van der Waals surface area contributed by atoms with Gasteiger partial charge in [0.25, 0.3) is 0 Å². The van der Waals surface area contributed by atoms with Gasteiger partial charge in [-0.2, -0.15) is 0 Å². The number of halogens is 3. The number of nitrogens with zero attached hydrogens (tertiary/aromatic N) is 1. The van der Waals surface area contributed by atoms with E-state index in [0.29, 0.717) is 32.4 Å². The van der Waals surface area contributed by atoms with Gasteiger partial charge in [-0.1, -0.05) is 47.5 Å². The minimum atomic E-state index is -1.40. The first-order valence-electron chi connectivity index (χ1n) is 11.8. The number of carbonyl (C=O) groups is 3. The molecule has 3 aromatic rings. The van der Waals surface area contributed by atoms with Gasteiger partial charge < -0.3 is 15.5 Å². The normalized spacial score (nSPS) is 22.7. The Morgan fingerprint density at radius 1 is 1.11 bits per heavy atom. The number of piperidine rings is 1. The van der Waals surface area contributed by atoms with Gasteiger partial charge in [0.05, 0.1) is 6.04 Å². The lowest BCUT2D eigenvalue weighted by molar-refractivity contribution is -0.149. The van der Waals surface area contributed by atoms with Gasteiger partial charge in [-0.3, -0.25) is 14.4 Å². The lowest BCUT2D eigenvalue weighted by Crippen LogP contribution is -2.59. The predicted molar refractivity (Wildman–Crippen MR) is 140 cm³/mol. The summed E-state index contributed by atoms with van der Waals surface area (Å²) in [4.78, 5) is 42.1. The Labute approximate surface area is 223 Å². The van der Waals surface area contributed by atoms with Crippen LogP contribution in [0, 0.1) is 12.7 Å². The predicted octanol–water partition coefficient (Wildman–Crippen LogP) is 5.13. The van der Waals surface area contributed by atoms with Crippen molar-refractivity contribution in [1.29, 1.82) is 0 Å². The number of benzene rings is 3. The van der Waals surface area contributed by atoms with Crippen LogP contribution >= 0.6 is 23.2 Å². The van der Waals surface area contributed by atoms with E-state index in [0.717, 1.165) is 5.56 Å². The van der Waals surface area contributed by atoms with Crippen molar-refractivity contribution in [2.75, 3.05) is 18.9 Å². The van der Waals surface area contributed by atoms with E-state index in [2.05, 4.69) is 10.6 Å². The lowest BCUT2D eigenvalue weighted by atomic mass is 9.58. The molecule has 2 aliphatic heterocycles. The standard InChI is InChI=1S/C28H24Cl2FN3O3/c1-15-6-8-19(31)12-20(15)22-13-25(36)34(14-24(35)32-2)26(16-4-3-5-17(29)10-16)28(22)21-9-7-18(30)11-23(21)33-27(28)37/h3-12,22,26H,13-14H2,1-2H3,(H,32,35)(H,33,37)/t22-,26+,28-/m1/s1. The summed E-state index contributed by atoms with van der Waals surface area (Å²) in [5.41, 5.74) is 1.62. The number of amides is 3. The molecule has 6 nitrogen and oxygen atoms in total. The van der Waals surface area contributed by atoms with Gasteiger partial charge in [-0.15, -0.1) is 0 Å². The molecule has 1 spiro atoms. The van der Waals surface area contributed by atoms with Crippen LogP contribution in [-0.4, -0.2) is 36.2 Å². The monoisotopic (exact) mass is 539 g/mol. The third-order valence-corrected chi connectivity index (χ3v) is 7.89. The van der Waals surface area contributed by atoms with E-state index in [4.69, 9.17) is 23.2 Å². The quantitative estimate of drug-likeness (QED) is 0.482. The number of carbonyl (C=O) groups excluding carboxylic acids is 3. The summed E-state index contributed by atoms with van der Waals surface area (Å²) in [6.07, 6.45) is -0.103. The molecule has 0 unspecified atom stereocenters. The molecule has 2 aliphatic rings. The van der Waals surface area contributed by atoms with Crippen LogP contribution in [0.1, 0.15) is 40.6 Å². The number of hydrogen-bond acceptors (Lipinski definition) is 3. The molecule has 0 radical (unpaired) electrons. The lowest BCUT2D eigenvalue weighted by Gasteiger charge is -2.51. The van der Waals surface area contributed by atoms with Gasteiger partial charge in [-0.25, -0.2) is 4.39 Å². The Kier molecular flexibility index (Phi) is 6.46. The fourth-order valence-electron chi connectivity index (χ4n) is 5.85. The molecule has 37 heavy (non-hydrogen) atoms. The van der Waals surface area contributed by atoms with Crippen molar-refractivity contribution in [1.82, 2.24) is 10.2 Å². The molecule has 3 amide bonds. The number of aryl methyl sites for hydroxylation is 1. The van der Waals surface area contributed by atoms with Gasteiger partial charge in [0.15, 0.2) is 0 Å². The average molecular weight is 540 g/mol. The number of fused-ring (bicyclic) bond motifs is 2. The number of likely N-dealkylation sites (N-methyl/N-ethyl adjacent to an activating group) is 1. The van der Waals surface area contributed by atoms with E-state index < -0.39 is 23.2 Å². The van der Waals surface area contributed by atoms with Crippen LogP contribution in [0.4, 0.5) is 10.1 Å². The molecule has 2 N–H and O–H groups in total. The molecular weight excluding hydrogens is 516 g/mol. The molecule has 0 saturated carbocycles. The number of rotatable bonds is 4. The van der Waals surface area contributed by atoms with Gasteiger partial charge in [0, 0.05) is 35.1 Å². The minimum absolute atomic E-state index is 0.103. The van der Waals surface area contributed by atoms with E-state index in [1.165, 1.54) is 24.1 Å². The molecule has 2 heterocycles. The first-order valence-corrected chi connectivity index (χ1v) is 12.6. The van der Waals surface area contributed by atoms with Crippen molar-refractivity contribution in [3.8, 4) is 0 Å². The van der Waals surface area contributed by atoms with Crippen LogP contribution in [-0.2, 0) is 19.8 Å². The zero-order valence-electron chi connectivity index (χ0n) is 20.1. The van der Waals surface area contributed by atoms with Crippen LogP contribution in [0.3, 0.4) is 0 Å². The zero-order valence-corrected chi connectivity index (χ0v) is 21.7. The average Bonchev–Trinajstić information content (AvgIpc) is 3.13. The van der Waals surface area contributed by atoms with Crippen molar-refractivity contribution in [2.24, 2.45) is 0 Å². The second-order valence-corrected chi connectivity index (χ2v) is 10.3. The maximum absolute atomic E-state index is 14.6. The number of likely N-dealkylation sites (tertiary alicyclic amines) is 1. The Morgan fingerprint density at radius 2 is 1.86 bits per heavy atom. The first kappa shape index (κ1) is 25.2. The van der Waals surface area contributed by atoms with Crippen molar-refractivity contribution >= 4 is 46.6 Å². The van der Waals surface area contributed by atoms with Crippen molar-refractivity contribution in [3.63, 3.8) is 0 Å². The fourth-order valence-corrected chi connectivity index (χ4v) is 6.22. The highest BCUT2D eigenvalue weighted by Crippen LogP contribution is 2.60. The molecule has 1 saturated heterocycles. The van der Waals surface area contributed by atoms with Crippen molar-refractivity contribution in [2.45, 2.75) is 30.7 Å². The van der Waals surface area contributed by atoms with E-state index in [1.807, 2.05) is 6.92 Å². The second kappa shape index (κ2) is 9.47. The van der Waals surface area contributed by atoms with Gasteiger partial charge >= 0.3 is 0 Å². The van der Waals surface area contributed by atoms with Crippen LogP contribution in [0.25, 0.3) is 0 Å². The smallest absolute Gasteiger partial charge is 0.239 e. The maximum atomic E-state index is 14.6. The van der Waals surface area contributed by atoms with Crippen LogP contribution in [0.2, 0.25) is 10.0 Å². The summed E-state index contributed by atoms with van der Waals surface area (Å²) in [6.45, 7) is 1.56. The molecular formula is C28H24Cl2FN3O3. The molecule has 0 bridgehead atoms. The molecule has 3 aromatic carbocycles. The highest BCUT2D eigenvalue weighted by molar-refractivity contribution is 6.31. The molecule has 190 valence electrons. The largest absolute Gasteiger partial charge is 0.358 e. The zero-order chi connectivity index (χ0) is 26.5. The van der Waals surface area contributed by atoms with E-state index >= 15 is 0 Å². The Bertz CT molecular complexity index is 1450. The second-order valence-electron chi connectivity index (χ2n) is 9.42. The Hall–Kier alpha value is -3.42. The maximum Gasteiger partial charge on any atom is 0.239 e. The van der Waals surface area contributed by atoms with Gasteiger partial charge in [-0.05, 0) is 65.6 Å². The van der Waals surface area contributed by atoms with Crippen molar-refractivity contribution in [3.05, 3.63) is 98.8 Å². The van der Waals surface area contributed by atoms with Gasteiger partial charge in [0.2, 0.25) is 17.7 Å². The molecule has 0 aliphatic carbocycles. The summed E-state index contributed by atoms with van der Waals surface area (Å²) in [5, 5.41) is 6.38. The van der Waals surface area contributed by atoms with Gasteiger partial charge in [0.1, 0.15) is 17.8 Å². The highest BCUT2D eigenvalue weighted by atomic mass is 35.5. The van der Waals surface area contributed by atoms with Crippen LogP contribution in [0.5, 0.6) is 0 Å². The molecule has 5 rings (SSSR count). The SMILES string of the molecule is CNC(=O)CN1C(=O)C[C@H](c2cc(F)ccc2C)[C@@]2(C(=O)Nc3cc(Cl)ccc32)[C@@H]1c1cccc(Cl)c1. The van der Waals surface area contributed by atoms with Crippen LogP contribution < -0.4 is 10.6 Å². The van der Waals surface area contributed by atoms with E-state index in [-0.39, 0.29) is 30.7 Å². The summed E-state index contributed by atoms with van der Waals surface area (Å²) < 4.78 is 14.6. The van der Waals surface area contributed by atoms with E-state index in [1.54, 1.807) is 48.5 Å². The van der Waals surface area contributed by atoms with E-state index in [9.17, 15) is 18.8 Å². The first-order chi connectivity index (χ1) is 17.7. The van der Waals surface area contributed by atoms with Crippen molar-refractivity contribution < 1.29 is 18.8 Å². The number of hydrogen-bond donors (Lipinski definition) is 2. The third kappa shape index (κ3) is 4.06. The summed E-state index contributed by atoms with van der Waals surface area (Å²) in [6, 6.07) is 15.5. The summed E-state index contributed by atoms with van der Waals surface area (Å²) >= 11 is 12.7. The summed E-state index contributed by atoms with van der Waals surface area (Å²) in [7, 11) is 1.49. The minimum Gasteiger partial charge on any atom is -0.358 e. The number of nitrogens with one attached hydrogen (secondary N) is 2. The molecule has 0 aromatic heterocycles. The molecule has 1 fully saturated rings. The number of anilines is 1. The highest BCUT2D eigenvalue weighted by Gasteiger charge is 2.63. The Morgan fingerprint density at radius 3 is 2.59 bits per heavy atom. The molecule has 9 heteroatoms.